The van der Waals surface area contributed by atoms with Crippen LogP contribution in [0.5, 0.6) is 0 Å². The van der Waals surface area contributed by atoms with Crippen molar-refractivity contribution in [3.05, 3.63) is 23.2 Å². The van der Waals surface area contributed by atoms with Crippen molar-refractivity contribution >= 4 is 44.8 Å². The number of amidine groups is 1. The summed E-state index contributed by atoms with van der Waals surface area (Å²) in [4.78, 5) is 11.6. The van der Waals surface area contributed by atoms with Gasteiger partial charge in [0.15, 0.2) is 0 Å². The van der Waals surface area contributed by atoms with Gasteiger partial charge >= 0.3 is 16.3 Å². The number of hydrazone groups is 1. The van der Waals surface area contributed by atoms with Gasteiger partial charge in [0.05, 0.1) is 11.4 Å². The lowest BCUT2D eigenvalue weighted by Crippen LogP contribution is -2.50. The van der Waals surface area contributed by atoms with Crippen LogP contribution in [-0.4, -0.2) is 48.4 Å². The molecule has 25 heavy (non-hydrogen) atoms. The van der Waals surface area contributed by atoms with Gasteiger partial charge in [-0.05, 0) is 18.2 Å². The average molecular weight is 401 g/mol. The van der Waals surface area contributed by atoms with Crippen LogP contribution in [0.15, 0.2) is 23.3 Å². The fourth-order valence-corrected chi connectivity index (χ4v) is 3.36. The maximum atomic E-state index is 13.3. The highest BCUT2D eigenvalue weighted by atomic mass is 35.5. The molecule has 1 aromatic carbocycles. The topological polar surface area (TPSA) is 102 Å². The zero-order chi connectivity index (χ0) is 19.2. The minimum absolute atomic E-state index is 0.0916. The second-order valence-electron chi connectivity index (χ2n) is 5.05. The molecule has 2 N–H and O–H groups in total. The molecule has 8 nitrogen and oxygen atoms in total. The van der Waals surface area contributed by atoms with Crippen LogP contribution in [0.25, 0.3) is 0 Å². The van der Waals surface area contributed by atoms with E-state index in [1.54, 1.807) is 0 Å². The van der Waals surface area contributed by atoms with E-state index in [1.807, 2.05) is 0 Å². The van der Waals surface area contributed by atoms with E-state index in [-0.39, 0.29) is 21.3 Å². The number of rotatable bonds is 3. The molecule has 1 aliphatic rings. The summed E-state index contributed by atoms with van der Waals surface area (Å²) in [7, 11) is -4.05. The second kappa shape index (κ2) is 6.35. The Morgan fingerprint density at radius 3 is 2.48 bits per heavy atom. The molecule has 0 saturated heterocycles. The normalized spacial score (nSPS) is 18.4. The highest BCUT2D eigenvalue weighted by Gasteiger charge is 2.52. The summed E-state index contributed by atoms with van der Waals surface area (Å²) in [5.41, 5.74) is -2.71. The number of hydrogen-bond acceptors (Lipinski definition) is 6. The SMILES string of the molecule is CC(=O)Nc1cc(Cl)ccc1N1C(C(F)(F)F)=NN(C)C1S(=O)(=O)O. The van der Waals surface area contributed by atoms with Crippen LogP contribution in [-0.2, 0) is 14.9 Å². The van der Waals surface area contributed by atoms with E-state index in [0.29, 0.717) is 5.01 Å². The lowest BCUT2D eigenvalue weighted by molar-refractivity contribution is -0.114. The number of benzene rings is 1. The molecule has 0 bridgehead atoms. The van der Waals surface area contributed by atoms with E-state index in [4.69, 9.17) is 11.6 Å². The zero-order valence-electron chi connectivity index (χ0n) is 12.7. The number of halogens is 4. The fraction of sp³-hybridized carbons (Fsp3) is 0.333. The van der Waals surface area contributed by atoms with Crippen LogP contribution in [0, 0.1) is 0 Å². The van der Waals surface area contributed by atoms with Crippen molar-refractivity contribution < 1.29 is 30.9 Å². The molecule has 1 aromatic rings. The third-order valence-electron chi connectivity index (χ3n) is 3.07. The third kappa shape index (κ3) is 3.96. The first-order valence-electron chi connectivity index (χ1n) is 6.53. The Balaban J connectivity index is 2.70. The second-order valence-corrected chi connectivity index (χ2v) is 6.94. The first-order valence-corrected chi connectivity index (χ1v) is 8.42. The lowest BCUT2D eigenvalue weighted by Gasteiger charge is -2.29. The highest BCUT2D eigenvalue weighted by Crippen LogP contribution is 2.38. The molecule has 1 aliphatic heterocycles. The number of carbonyl (C=O) groups excluding carboxylic acids is 1. The maximum Gasteiger partial charge on any atom is 0.451 e. The van der Waals surface area contributed by atoms with Crippen LogP contribution in [0.4, 0.5) is 24.5 Å². The Kier molecular flexibility index (Phi) is 4.90. The Morgan fingerprint density at radius 2 is 2.00 bits per heavy atom. The first kappa shape index (κ1) is 19.3. The molecule has 0 fully saturated rings. The summed E-state index contributed by atoms with van der Waals surface area (Å²) in [6, 6.07) is 3.42. The van der Waals surface area contributed by atoms with Gasteiger partial charge < -0.3 is 5.32 Å². The van der Waals surface area contributed by atoms with E-state index in [1.165, 1.54) is 6.07 Å². The molecule has 0 saturated carbocycles. The smallest absolute Gasteiger partial charge is 0.324 e. The van der Waals surface area contributed by atoms with Crippen molar-refractivity contribution in [3.8, 4) is 0 Å². The van der Waals surface area contributed by atoms with Gasteiger partial charge in [0.2, 0.25) is 11.7 Å². The molecule has 1 amide bonds. The Morgan fingerprint density at radius 1 is 1.40 bits per heavy atom. The molecule has 0 aliphatic carbocycles. The van der Waals surface area contributed by atoms with E-state index < -0.39 is 33.5 Å². The highest BCUT2D eigenvalue weighted by molar-refractivity contribution is 7.86. The monoisotopic (exact) mass is 400 g/mol. The predicted octanol–water partition coefficient (Wildman–Crippen LogP) is 2.10. The van der Waals surface area contributed by atoms with Gasteiger partial charge in [-0.25, -0.2) is 0 Å². The van der Waals surface area contributed by atoms with Crippen LogP contribution in [0.1, 0.15) is 6.92 Å². The average Bonchev–Trinajstić information content (AvgIpc) is 2.75. The maximum absolute atomic E-state index is 13.3. The summed E-state index contributed by atoms with van der Waals surface area (Å²) >= 11 is 5.79. The summed E-state index contributed by atoms with van der Waals surface area (Å²) in [6.07, 6.45) is -5.03. The van der Waals surface area contributed by atoms with Crippen LogP contribution >= 0.6 is 11.6 Å². The van der Waals surface area contributed by atoms with Crippen molar-refractivity contribution in [3.63, 3.8) is 0 Å². The molecule has 2 rings (SSSR count). The number of nitrogens with zero attached hydrogens (tertiary/aromatic N) is 3. The molecular weight excluding hydrogens is 389 g/mol. The van der Waals surface area contributed by atoms with Gasteiger partial charge in [-0.1, -0.05) is 11.6 Å². The van der Waals surface area contributed by atoms with Gasteiger partial charge in [0.25, 0.3) is 5.50 Å². The Labute approximate surface area is 145 Å². The van der Waals surface area contributed by atoms with Gasteiger partial charge in [-0.2, -0.15) is 26.7 Å². The number of carbonyl (C=O) groups is 1. The van der Waals surface area contributed by atoms with Crippen molar-refractivity contribution in [1.82, 2.24) is 5.01 Å². The van der Waals surface area contributed by atoms with Gasteiger partial charge in [-0.15, -0.1) is 0 Å². The molecule has 0 spiro atoms. The molecule has 13 heteroatoms. The van der Waals surface area contributed by atoms with Gasteiger partial charge in [0.1, 0.15) is 0 Å². The van der Waals surface area contributed by atoms with E-state index >= 15 is 0 Å². The molecule has 0 aromatic heterocycles. The predicted molar refractivity (Wildman–Crippen MR) is 84.8 cm³/mol. The van der Waals surface area contributed by atoms with Crippen LogP contribution < -0.4 is 10.2 Å². The number of anilines is 2. The summed E-state index contributed by atoms with van der Waals surface area (Å²) < 4.78 is 72.6. The minimum atomic E-state index is -5.03. The summed E-state index contributed by atoms with van der Waals surface area (Å²) in [6.45, 7) is 1.11. The number of hydrogen-bond donors (Lipinski definition) is 2. The van der Waals surface area contributed by atoms with Crippen molar-refractivity contribution in [1.29, 1.82) is 0 Å². The number of nitrogens with one attached hydrogen (secondary N) is 1. The molecule has 1 heterocycles. The first-order chi connectivity index (χ1) is 11.3. The minimum Gasteiger partial charge on any atom is -0.324 e. The van der Waals surface area contributed by atoms with E-state index in [9.17, 15) is 30.9 Å². The zero-order valence-corrected chi connectivity index (χ0v) is 14.3. The number of alkyl halides is 3. The quantitative estimate of drug-likeness (QED) is 0.753. The van der Waals surface area contributed by atoms with Crippen molar-refractivity contribution in [2.45, 2.75) is 18.6 Å². The standard InChI is InChI=1S/C12H12ClF3N4O4S/c1-6(21)17-8-5-7(13)3-4-9(8)20-10(12(14,15)16)18-19(2)11(20)25(22,23)24/h3-5,11H,1-2H3,(H,17,21)(H,22,23,24). The fourth-order valence-electron chi connectivity index (χ4n) is 2.28. The lowest BCUT2D eigenvalue weighted by atomic mass is 10.2. The van der Waals surface area contributed by atoms with E-state index in [0.717, 1.165) is 26.1 Å². The largest absolute Gasteiger partial charge is 0.451 e. The van der Waals surface area contributed by atoms with E-state index in [2.05, 4.69) is 10.4 Å². The van der Waals surface area contributed by atoms with Crippen molar-refractivity contribution in [2.24, 2.45) is 5.10 Å². The summed E-state index contributed by atoms with van der Waals surface area (Å²) in [5, 5.41) is 5.98. The number of amides is 1. The van der Waals surface area contributed by atoms with Crippen LogP contribution in [0.3, 0.4) is 0 Å². The molecule has 1 atom stereocenters. The Bertz CT molecular complexity index is 843. The van der Waals surface area contributed by atoms with Gasteiger partial charge in [-0.3, -0.25) is 19.3 Å². The summed E-state index contributed by atoms with van der Waals surface area (Å²) in [5.74, 6) is -2.20. The molecular formula is C12H12ClF3N4O4S. The Hall–Kier alpha value is -2.05. The van der Waals surface area contributed by atoms with Gasteiger partial charge in [0, 0.05) is 19.0 Å². The van der Waals surface area contributed by atoms with Crippen LogP contribution in [0.2, 0.25) is 5.02 Å². The molecule has 1 unspecified atom stereocenters. The van der Waals surface area contributed by atoms with Crippen molar-refractivity contribution in [2.75, 3.05) is 17.3 Å². The molecule has 0 radical (unpaired) electrons. The molecule has 138 valence electrons. The third-order valence-corrected chi connectivity index (χ3v) is 4.35.